The summed E-state index contributed by atoms with van der Waals surface area (Å²) in [5.41, 5.74) is 8.03. The quantitative estimate of drug-likeness (QED) is 0.849. The van der Waals surface area contributed by atoms with E-state index in [1.807, 2.05) is 13.1 Å². The molecule has 3 nitrogen and oxygen atoms in total. The Hall–Kier alpha value is -0.960. The minimum atomic E-state index is 0.558. The zero-order chi connectivity index (χ0) is 11.4. The van der Waals surface area contributed by atoms with Crippen LogP contribution in [0.1, 0.15) is 49.2 Å². The first-order valence-electron chi connectivity index (χ1n) is 6.31. The maximum atomic E-state index is 5.73. The van der Waals surface area contributed by atoms with E-state index in [1.165, 1.54) is 37.8 Å². The molecule has 0 aliphatic heterocycles. The zero-order valence-electron chi connectivity index (χ0n) is 10.1. The van der Waals surface area contributed by atoms with Crippen molar-refractivity contribution in [3.63, 3.8) is 0 Å². The second kappa shape index (κ2) is 5.39. The Morgan fingerprint density at radius 1 is 1.31 bits per heavy atom. The van der Waals surface area contributed by atoms with Gasteiger partial charge in [-0.15, -0.1) is 0 Å². The fourth-order valence-electron chi connectivity index (χ4n) is 2.55. The number of aryl methyl sites for hydroxylation is 1. The molecule has 0 atom stereocenters. The van der Waals surface area contributed by atoms with Gasteiger partial charge in [0.2, 0.25) is 0 Å². The van der Waals surface area contributed by atoms with E-state index in [-0.39, 0.29) is 0 Å². The van der Waals surface area contributed by atoms with Crippen LogP contribution in [0.2, 0.25) is 0 Å². The highest BCUT2D eigenvalue weighted by Gasteiger charge is 2.16. The third kappa shape index (κ3) is 2.79. The summed E-state index contributed by atoms with van der Waals surface area (Å²) in [6, 6.07) is 0. The molecule has 0 amide bonds. The van der Waals surface area contributed by atoms with Crippen molar-refractivity contribution in [2.75, 3.05) is 0 Å². The normalized spacial score (nSPS) is 17.6. The summed E-state index contributed by atoms with van der Waals surface area (Å²) in [7, 11) is 0. The largest absolute Gasteiger partial charge is 0.326 e. The van der Waals surface area contributed by atoms with E-state index in [9.17, 15) is 0 Å². The summed E-state index contributed by atoms with van der Waals surface area (Å²) >= 11 is 0. The van der Waals surface area contributed by atoms with E-state index < -0.39 is 0 Å². The molecule has 0 radical (unpaired) electrons. The Bertz CT molecular complexity index is 343. The Morgan fingerprint density at radius 2 is 2.06 bits per heavy atom. The van der Waals surface area contributed by atoms with E-state index >= 15 is 0 Å². The summed E-state index contributed by atoms with van der Waals surface area (Å²) in [5, 5.41) is 0. The van der Waals surface area contributed by atoms with Crippen LogP contribution in [-0.4, -0.2) is 9.97 Å². The van der Waals surface area contributed by atoms with Crippen LogP contribution in [-0.2, 0) is 13.0 Å². The Balaban J connectivity index is 2.09. The fraction of sp³-hybridized carbons (Fsp3) is 0.692. The number of hydrogen-bond donors (Lipinski definition) is 1. The maximum Gasteiger partial charge on any atom is 0.125 e. The van der Waals surface area contributed by atoms with Gasteiger partial charge in [-0.2, -0.15) is 0 Å². The lowest BCUT2D eigenvalue weighted by atomic mass is 9.85. The molecule has 1 aromatic heterocycles. The smallest absolute Gasteiger partial charge is 0.125 e. The standard InChI is InChI=1S/C13H21N3/c1-10-15-9-12(8-14)13(16-10)7-11-5-3-2-4-6-11/h9,11H,2-8,14H2,1H3. The molecule has 2 N–H and O–H groups in total. The molecule has 1 saturated carbocycles. The third-order valence-electron chi connectivity index (χ3n) is 3.50. The molecular formula is C13H21N3. The van der Waals surface area contributed by atoms with Crippen LogP contribution in [0.4, 0.5) is 0 Å². The van der Waals surface area contributed by atoms with Gasteiger partial charge in [-0.05, 0) is 19.3 Å². The average molecular weight is 219 g/mol. The summed E-state index contributed by atoms with van der Waals surface area (Å²) in [6.07, 6.45) is 9.86. The maximum absolute atomic E-state index is 5.73. The van der Waals surface area contributed by atoms with Gasteiger partial charge in [0.25, 0.3) is 0 Å². The third-order valence-corrected chi connectivity index (χ3v) is 3.50. The van der Waals surface area contributed by atoms with Gasteiger partial charge in [-0.3, -0.25) is 0 Å². The zero-order valence-corrected chi connectivity index (χ0v) is 10.1. The molecule has 1 aromatic rings. The topological polar surface area (TPSA) is 51.8 Å². The van der Waals surface area contributed by atoms with Gasteiger partial charge >= 0.3 is 0 Å². The highest BCUT2D eigenvalue weighted by atomic mass is 14.9. The molecule has 1 aliphatic rings. The molecule has 1 aliphatic carbocycles. The molecule has 3 heteroatoms. The molecule has 1 fully saturated rings. The van der Waals surface area contributed by atoms with Crippen molar-refractivity contribution in [2.24, 2.45) is 11.7 Å². The van der Waals surface area contributed by atoms with E-state index in [1.54, 1.807) is 0 Å². The second-order valence-corrected chi connectivity index (χ2v) is 4.80. The van der Waals surface area contributed by atoms with Crippen molar-refractivity contribution in [1.82, 2.24) is 9.97 Å². The minimum Gasteiger partial charge on any atom is -0.326 e. The van der Waals surface area contributed by atoms with Crippen molar-refractivity contribution in [2.45, 2.75) is 52.0 Å². The summed E-state index contributed by atoms with van der Waals surface area (Å²) < 4.78 is 0. The highest BCUT2D eigenvalue weighted by Crippen LogP contribution is 2.27. The van der Waals surface area contributed by atoms with Crippen molar-refractivity contribution in [3.8, 4) is 0 Å². The van der Waals surface area contributed by atoms with Crippen LogP contribution < -0.4 is 5.73 Å². The number of nitrogens with zero attached hydrogens (tertiary/aromatic N) is 2. The SMILES string of the molecule is Cc1ncc(CN)c(CC2CCCCC2)n1. The first-order chi connectivity index (χ1) is 7.79. The lowest BCUT2D eigenvalue weighted by molar-refractivity contribution is 0.353. The van der Waals surface area contributed by atoms with Gasteiger partial charge in [-0.25, -0.2) is 9.97 Å². The molecule has 0 saturated heterocycles. The van der Waals surface area contributed by atoms with E-state index in [2.05, 4.69) is 9.97 Å². The molecular weight excluding hydrogens is 198 g/mol. The summed E-state index contributed by atoms with van der Waals surface area (Å²) in [4.78, 5) is 8.76. The highest BCUT2D eigenvalue weighted by molar-refractivity contribution is 5.18. The minimum absolute atomic E-state index is 0.558. The Labute approximate surface area is 97.5 Å². The first kappa shape index (κ1) is 11.5. The van der Waals surface area contributed by atoms with E-state index in [0.29, 0.717) is 6.54 Å². The number of aromatic nitrogens is 2. The monoisotopic (exact) mass is 219 g/mol. The van der Waals surface area contributed by atoms with Crippen LogP contribution >= 0.6 is 0 Å². The van der Waals surface area contributed by atoms with Crippen molar-refractivity contribution in [1.29, 1.82) is 0 Å². The fourth-order valence-corrected chi connectivity index (χ4v) is 2.55. The van der Waals surface area contributed by atoms with E-state index in [0.717, 1.165) is 23.7 Å². The van der Waals surface area contributed by atoms with Crippen LogP contribution in [0.15, 0.2) is 6.20 Å². The average Bonchev–Trinajstić information content (AvgIpc) is 2.31. The van der Waals surface area contributed by atoms with Crippen LogP contribution in [0, 0.1) is 12.8 Å². The summed E-state index contributed by atoms with van der Waals surface area (Å²) in [6.45, 7) is 2.51. The van der Waals surface area contributed by atoms with Gasteiger partial charge in [0, 0.05) is 24.0 Å². The van der Waals surface area contributed by atoms with Crippen LogP contribution in [0.25, 0.3) is 0 Å². The van der Waals surface area contributed by atoms with Gasteiger partial charge in [-0.1, -0.05) is 32.1 Å². The van der Waals surface area contributed by atoms with Crippen molar-refractivity contribution < 1.29 is 0 Å². The lowest BCUT2D eigenvalue weighted by Crippen LogP contribution is -2.14. The predicted octanol–water partition coefficient (Wildman–Crippen LogP) is 2.37. The van der Waals surface area contributed by atoms with Gasteiger partial charge in [0.05, 0.1) is 0 Å². The lowest BCUT2D eigenvalue weighted by Gasteiger charge is -2.22. The van der Waals surface area contributed by atoms with Crippen LogP contribution in [0.5, 0.6) is 0 Å². The predicted molar refractivity (Wildman–Crippen MR) is 64.9 cm³/mol. The Morgan fingerprint density at radius 3 is 2.75 bits per heavy atom. The molecule has 16 heavy (non-hydrogen) atoms. The number of rotatable bonds is 3. The van der Waals surface area contributed by atoms with Gasteiger partial charge in [0.1, 0.15) is 5.82 Å². The first-order valence-corrected chi connectivity index (χ1v) is 6.31. The van der Waals surface area contributed by atoms with Crippen LogP contribution in [0.3, 0.4) is 0 Å². The molecule has 0 unspecified atom stereocenters. The van der Waals surface area contributed by atoms with Crippen molar-refractivity contribution in [3.05, 3.63) is 23.3 Å². The molecule has 1 heterocycles. The van der Waals surface area contributed by atoms with Gasteiger partial charge in [0.15, 0.2) is 0 Å². The molecule has 88 valence electrons. The molecule has 0 bridgehead atoms. The van der Waals surface area contributed by atoms with Gasteiger partial charge < -0.3 is 5.73 Å². The molecule has 0 aromatic carbocycles. The van der Waals surface area contributed by atoms with E-state index in [4.69, 9.17) is 5.73 Å². The van der Waals surface area contributed by atoms with Crippen molar-refractivity contribution >= 4 is 0 Å². The Kier molecular flexibility index (Phi) is 3.88. The molecule has 2 rings (SSSR count). The molecule has 0 spiro atoms. The number of hydrogen-bond acceptors (Lipinski definition) is 3. The second-order valence-electron chi connectivity index (χ2n) is 4.80. The summed E-state index contributed by atoms with van der Waals surface area (Å²) in [5.74, 6) is 1.68. The number of nitrogens with two attached hydrogens (primary N) is 1.